The van der Waals surface area contributed by atoms with Gasteiger partial charge < -0.3 is 10.1 Å². The summed E-state index contributed by atoms with van der Waals surface area (Å²) in [5.74, 6) is 0.975. The van der Waals surface area contributed by atoms with Crippen molar-refractivity contribution < 1.29 is 9.53 Å². The lowest BCUT2D eigenvalue weighted by atomic mass is 10.2. The van der Waals surface area contributed by atoms with Crippen molar-refractivity contribution in [1.29, 1.82) is 0 Å². The van der Waals surface area contributed by atoms with Gasteiger partial charge in [0.1, 0.15) is 23.0 Å². The van der Waals surface area contributed by atoms with E-state index in [9.17, 15) is 4.79 Å². The number of pyridine rings is 2. The number of hydrogen-bond donors (Lipinski definition) is 1. The number of rotatable bonds is 6. The fraction of sp³-hybridized carbons (Fsp3) is 0.111. The van der Waals surface area contributed by atoms with E-state index in [-0.39, 0.29) is 5.69 Å². The van der Waals surface area contributed by atoms with Crippen LogP contribution in [-0.4, -0.2) is 22.6 Å². The molecule has 0 spiro atoms. The van der Waals surface area contributed by atoms with Crippen LogP contribution in [0.25, 0.3) is 0 Å². The summed E-state index contributed by atoms with van der Waals surface area (Å²) >= 11 is 0. The highest BCUT2D eigenvalue weighted by Gasteiger charge is 2.12. The molecular formula is C18H18N4O2. The molecule has 0 radical (unpaired) electrons. The molecule has 2 heterocycles. The molecule has 2 aromatic heterocycles. The Balaban J connectivity index is 2.22. The zero-order valence-electron chi connectivity index (χ0n) is 13.6. The normalized spacial score (nSPS) is 10.8. The summed E-state index contributed by atoms with van der Waals surface area (Å²) in [6.45, 7) is 10.7. The number of nitrogens with zero attached hydrogens (tertiary/aromatic N) is 3. The lowest BCUT2D eigenvalue weighted by Gasteiger charge is -2.09. The van der Waals surface area contributed by atoms with Crippen LogP contribution in [0.1, 0.15) is 23.1 Å². The van der Waals surface area contributed by atoms with E-state index in [1.807, 2.05) is 0 Å². The van der Waals surface area contributed by atoms with Crippen molar-refractivity contribution >= 4 is 12.6 Å². The summed E-state index contributed by atoms with van der Waals surface area (Å²) in [6, 6.07) is 6.83. The summed E-state index contributed by atoms with van der Waals surface area (Å²) in [6.07, 6.45) is 4.86. The average Bonchev–Trinajstić information content (AvgIpc) is 2.54. The summed E-state index contributed by atoms with van der Waals surface area (Å²) in [5.41, 5.74) is 1.61. The highest BCUT2D eigenvalue weighted by molar-refractivity contribution is 5.94. The number of hydrogen-bond acceptors (Lipinski definition) is 5. The van der Waals surface area contributed by atoms with Crippen LogP contribution >= 0.6 is 0 Å². The molecule has 0 saturated heterocycles. The number of aryl methyl sites for hydroxylation is 1. The lowest BCUT2D eigenvalue weighted by Crippen LogP contribution is -2.23. The minimum atomic E-state index is -0.408. The van der Waals surface area contributed by atoms with E-state index in [0.29, 0.717) is 23.0 Å². The number of aromatic nitrogens is 2. The van der Waals surface area contributed by atoms with E-state index >= 15 is 0 Å². The monoisotopic (exact) mass is 322 g/mol. The predicted molar refractivity (Wildman–Crippen MR) is 93.2 cm³/mol. The van der Waals surface area contributed by atoms with Crippen LogP contribution in [0.3, 0.4) is 0 Å². The number of carbonyl (C=O) groups excluding carboxylic acids is 1. The molecule has 2 rings (SSSR count). The highest BCUT2D eigenvalue weighted by Crippen LogP contribution is 2.21. The smallest absolute Gasteiger partial charge is 0.275 e. The Labute approximate surface area is 140 Å². The van der Waals surface area contributed by atoms with E-state index in [2.05, 4.69) is 33.6 Å². The van der Waals surface area contributed by atoms with Gasteiger partial charge in [-0.25, -0.2) is 9.98 Å². The Bertz CT molecular complexity index is 798. The van der Waals surface area contributed by atoms with Crippen molar-refractivity contribution in [1.82, 2.24) is 15.3 Å². The standard InChI is InChI=1S/C18H18N4O2/c1-12(2)8-17(19-4)22-18(23)16-10-15(9-13(3)21-16)24-14-6-5-7-20-11-14/h5-11H,1,4H2,2-3H3,(H,22,23)/b17-8+. The maximum Gasteiger partial charge on any atom is 0.275 e. The van der Waals surface area contributed by atoms with Gasteiger partial charge >= 0.3 is 0 Å². The van der Waals surface area contributed by atoms with Crippen LogP contribution in [0, 0.1) is 6.92 Å². The van der Waals surface area contributed by atoms with Crippen molar-refractivity contribution in [3.05, 3.63) is 72.1 Å². The molecular weight excluding hydrogens is 304 g/mol. The Morgan fingerprint density at radius 2 is 2.17 bits per heavy atom. The van der Waals surface area contributed by atoms with Crippen molar-refractivity contribution in [2.45, 2.75) is 13.8 Å². The SMILES string of the molecule is C=N/C(=C\C(=C)C)NC(=O)c1cc(Oc2cccnc2)cc(C)n1. The quantitative estimate of drug-likeness (QED) is 0.653. The van der Waals surface area contributed by atoms with E-state index in [4.69, 9.17) is 4.74 Å². The minimum absolute atomic E-state index is 0.213. The Morgan fingerprint density at radius 3 is 2.79 bits per heavy atom. The van der Waals surface area contributed by atoms with Crippen LogP contribution < -0.4 is 10.1 Å². The van der Waals surface area contributed by atoms with Crippen molar-refractivity contribution in [2.75, 3.05) is 0 Å². The van der Waals surface area contributed by atoms with Gasteiger partial charge in [0.05, 0.1) is 6.20 Å². The molecule has 0 aliphatic rings. The van der Waals surface area contributed by atoms with E-state index in [1.165, 1.54) is 0 Å². The third kappa shape index (κ3) is 4.88. The van der Waals surface area contributed by atoms with Gasteiger partial charge in [0.15, 0.2) is 0 Å². The molecule has 0 saturated carbocycles. The zero-order chi connectivity index (χ0) is 17.5. The van der Waals surface area contributed by atoms with E-state index in [0.717, 1.165) is 5.57 Å². The summed E-state index contributed by atoms with van der Waals surface area (Å²) in [4.78, 5) is 24.3. The Morgan fingerprint density at radius 1 is 1.38 bits per heavy atom. The van der Waals surface area contributed by atoms with Gasteiger partial charge in [-0.2, -0.15) is 0 Å². The molecule has 0 fully saturated rings. The topological polar surface area (TPSA) is 76.5 Å². The predicted octanol–water partition coefficient (Wildman–Crippen LogP) is 3.43. The second kappa shape index (κ2) is 7.82. The van der Waals surface area contributed by atoms with Gasteiger partial charge in [-0.15, -0.1) is 0 Å². The molecule has 0 unspecified atom stereocenters. The van der Waals surface area contributed by atoms with Crippen molar-refractivity contribution in [3.63, 3.8) is 0 Å². The third-order valence-corrected chi connectivity index (χ3v) is 2.82. The summed E-state index contributed by atoms with van der Waals surface area (Å²) < 4.78 is 5.70. The van der Waals surface area contributed by atoms with E-state index < -0.39 is 5.91 Å². The molecule has 0 bridgehead atoms. The molecule has 24 heavy (non-hydrogen) atoms. The molecule has 0 aliphatic heterocycles. The van der Waals surface area contributed by atoms with Crippen molar-refractivity contribution in [2.24, 2.45) is 4.99 Å². The number of ether oxygens (including phenoxy) is 1. The number of amides is 1. The largest absolute Gasteiger partial charge is 0.456 e. The maximum absolute atomic E-state index is 12.4. The van der Waals surface area contributed by atoms with Crippen LogP contribution in [-0.2, 0) is 0 Å². The molecule has 0 aromatic carbocycles. The van der Waals surface area contributed by atoms with Gasteiger partial charge in [-0.3, -0.25) is 9.78 Å². The second-order valence-corrected chi connectivity index (χ2v) is 5.11. The lowest BCUT2D eigenvalue weighted by molar-refractivity contribution is 0.0960. The first-order chi connectivity index (χ1) is 11.5. The van der Waals surface area contributed by atoms with Crippen LogP contribution in [0.4, 0.5) is 0 Å². The average molecular weight is 322 g/mol. The van der Waals surface area contributed by atoms with Crippen molar-refractivity contribution in [3.8, 4) is 11.5 Å². The number of aliphatic imine (C=N–C) groups is 1. The molecule has 6 nitrogen and oxygen atoms in total. The summed E-state index contributed by atoms with van der Waals surface area (Å²) in [7, 11) is 0. The molecule has 0 aliphatic carbocycles. The maximum atomic E-state index is 12.4. The van der Waals surface area contributed by atoms with E-state index in [1.54, 1.807) is 56.6 Å². The van der Waals surface area contributed by atoms with Gasteiger partial charge in [0, 0.05) is 24.0 Å². The van der Waals surface area contributed by atoms with Crippen LogP contribution in [0.15, 0.2) is 65.7 Å². The molecule has 0 atom stereocenters. The third-order valence-electron chi connectivity index (χ3n) is 2.82. The first-order valence-corrected chi connectivity index (χ1v) is 7.20. The molecule has 1 N–H and O–H groups in total. The van der Waals surface area contributed by atoms with Gasteiger partial charge in [-0.05, 0) is 38.8 Å². The zero-order valence-corrected chi connectivity index (χ0v) is 13.6. The van der Waals surface area contributed by atoms with Crippen LogP contribution in [0.5, 0.6) is 11.5 Å². The second-order valence-electron chi connectivity index (χ2n) is 5.11. The molecule has 2 aromatic rings. The fourth-order valence-electron chi connectivity index (χ4n) is 1.89. The first-order valence-electron chi connectivity index (χ1n) is 7.20. The van der Waals surface area contributed by atoms with Crippen LogP contribution in [0.2, 0.25) is 0 Å². The minimum Gasteiger partial charge on any atom is -0.456 e. The Kier molecular flexibility index (Phi) is 5.57. The number of nitrogens with one attached hydrogen (secondary N) is 1. The van der Waals surface area contributed by atoms with Gasteiger partial charge in [0.2, 0.25) is 0 Å². The Hall–Kier alpha value is -3.28. The number of carbonyl (C=O) groups is 1. The highest BCUT2D eigenvalue weighted by atomic mass is 16.5. The van der Waals surface area contributed by atoms with Gasteiger partial charge in [0.25, 0.3) is 5.91 Å². The summed E-state index contributed by atoms with van der Waals surface area (Å²) in [5, 5.41) is 2.63. The molecule has 122 valence electrons. The van der Waals surface area contributed by atoms with Gasteiger partial charge in [-0.1, -0.05) is 12.2 Å². The first kappa shape index (κ1) is 17.1. The number of allylic oxidation sites excluding steroid dienone is 2. The molecule has 6 heteroatoms. The molecule has 1 amide bonds. The fourth-order valence-corrected chi connectivity index (χ4v) is 1.89.